The van der Waals surface area contributed by atoms with Gasteiger partial charge in [0, 0.05) is 18.6 Å². The minimum Gasteiger partial charge on any atom is -0.315 e. The van der Waals surface area contributed by atoms with Gasteiger partial charge in [0.05, 0.1) is 10.5 Å². The molecule has 130 valence electrons. The van der Waals surface area contributed by atoms with Crippen LogP contribution in [0.5, 0.6) is 0 Å². The Hall–Kier alpha value is -0.830. The van der Waals surface area contributed by atoms with Gasteiger partial charge in [0.15, 0.2) is 0 Å². The Balaban J connectivity index is 0.00000192. The van der Waals surface area contributed by atoms with Gasteiger partial charge in [-0.15, -0.1) is 12.4 Å². The summed E-state index contributed by atoms with van der Waals surface area (Å²) in [6.45, 7) is 1.36. The molecule has 2 saturated heterocycles. The smallest absolute Gasteiger partial charge is 0.315 e. The van der Waals surface area contributed by atoms with Crippen LogP contribution in [0, 0.1) is 0 Å². The van der Waals surface area contributed by atoms with Crippen LogP contribution in [0.3, 0.4) is 0 Å². The van der Waals surface area contributed by atoms with Gasteiger partial charge in [-0.25, -0.2) is 8.42 Å². The molecule has 2 atom stereocenters. The third-order valence-electron chi connectivity index (χ3n) is 4.34. The van der Waals surface area contributed by atoms with Crippen LogP contribution in [0.2, 0.25) is 0 Å². The number of sulfonamides is 1. The summed E-state index contributed by atoms with van der Waals surface area (Å²) < 4.78 is 64.8. The van der Waals surface area contributed by atoms with Crippen molar-refractivity contribution in [3.63, 3.8) is 0 Å². The first-order valence-electron chi connectivity index (χ1n) is 7.21. The average molecular weight is 371 g/mol. The van der Waals surface area contributed by atoms with Gasteiger partial charge in [-0.05, 0) is 50.1 Å². The van der Waals surface area contributed by atoms with Crippen molar-refractivity contribution in [2.75, 3.05) is 13.1 Å². The molecule has 23 heavy (non-hydrogen) atoms. The summed E-state index contributed by atoms with van der Waals surface area (Å²) in [6.07, 6.45) is -2.13. The molecule has 2 heterocycles. The summed E-state index contributed by atoms with van der Waals surface area (Å²) >= 11 is 0. The van der Waals surface area contributed by atoms with Crippen LogP contribution in [0.1, 0.15) is 24.8 Å². The predicted molar refractivity (Wildman–Crippen MR) is 82.0 cm³/mol. The normalized spacial score (nSPS) is 25.7. The third-order valence-corrected chi connectivity index (χ3v) is 6.36. The van der Waals surface area contributed by atoms with Crippen LogP contribution in [0.4, 0.5) is 13.2 Å². The Labute approximate surface area is 139 Å². The lowest BCUT2D eigenvalue weighted by Gasteiger charge is -2.27. The second-order valence-corrected chi connectivity index (χ2v) is 7.58. The van der Waals surface area contributed by atoms with E-state index in [1.807, 2.05) is 0 Å². The third kappa shape index (κ3) is 3.50. The molecule has 2 unspecified atom stereocenters. The van der Waals surface area contributed by atoms with Crippen molar-refractivity contribution >= 4 is 22.4 Å². The molecule has 2 aliphatic heterocycles. The molecule has 1 N–H and O–H groups in total. The Morgan fingerprint density at radius 3 is 2.26 bits per heavy atom. The van der Waals surface area contributed by atoms with E-state index >= 15 is 0 Å². The molecule has 3 rings (SSSR count). The lowest BCUT2D eigenvalue weighted by molar-refractivity contribution is -0.137. The molecule has 0 saturated carbocycles. The molecule has 0 aromatic heterocycles. The number of benzene rings is 1. The van der Waals surface area contributed by atoms with Crippen LogP contribution >= 0.6 is 12.4 Å². The molecule has 1 aromatic carbocycles. The molecule has 2 fully saturated rings. The fraction of sp³-hybridized carbons (Fsp3) is 0.571. The van der Waals surface area contributed by atoms with Crippen molar-refractivity contribution in [1.29, 1.82) is 0 Å². The zero-order valence-electron chi connectivity index (χ0n) is 12.2. The van der Waals surface area contributed by atoms with Gasteiger partial charge >= 0.3 is 6.18 Å². The molecule has 0 radical (unpaired) electrons. The Kier molecular flexibility index (Phi) is 5.30. The minimum atomic E-state index is -4.46. The quantitative estimate of drug-likeness (QED) is 0.870. The van der Waals surface area contributed by atoms with E-state index in [0.29, 0.717) is 6.54 Å². The van der Waals surface area contributed by atoms with Gasteiger partial charge in [-0.3, -0.25) is 0 Å². The van der Waals surface area contributed by atoms with Gasteiger partial charge in [0.1, 0.15) is 0 Å². The minimum absolute atomic E-state index is 0. The fourth-order valence-corrected chi connectivity index (χ4v) is 5.17. The van der Waals surface area contributed by atoms with Crippen molar-refractivity contribution in [3.05, 3.63) is 29.8 Å². The van der Waals surface area contributed by atoms with Gasteiger partial charge in [0.25, 0.3) is 0 Å². The van der Waals surface area contributed by atoms with Gasteiger partial charge in [-0.2, -0.15) is 17.5 Å². The second-order valence-electron chi connectivity index (χ2n) is 5.73. The largest absolute Gasteiger partial charge is 0.416 e. The van der Waals surface area contributed by atoms with E-state index in [9.17, 15) is 21.6 Å². The number of alkyl halides is 3. The molecular formula is C14H18ClF3N2O2S. The monoisotopic (exact) mass is 370 g/mol. The summed E-state index contributed by atoms with van der Waals surface area (Å²) in [5.41, 5.74) is -0.841. The Bertz CT molecular complexity index is 635. The maximum absolute atomic E-state index is 12.8. The highest BCUT2D eigenvalue weighted by molar-refractivity contribution is 7.89. The topological polar surface area (TPSA) is 49.4 Å². The zero-order chi connectivity index (χ0) is 16.0. The molecule has 2 aliphatic rings. The first kappa shape index (κ1) is 18.5. The van der Waals surface area contributed by atoms with Crippen LogP contribution in [-0.2, 0) is 16.2 Å². The maximum Gasteiger partial charge on any atom is 0.416 e. The van der Waals surface area contributed by atoms with Crippen LogP contribution in [-0.4, -0.2) is 37.9 Å². The summed E-state index contributed by atoms with van der Waals surface area (Å²) in [5.74, 6) is 0. The van der Waals surface area contributed by atoms with Gasteiger partial charge in [-0.1, -0.05) is 0 Å². The van der Waals surface area contributed by atoms with Crippen molar-refractivity contribution in [3.8, 4) is 0 Å². The Morgan fingerprint density at radius 1 is 1.04 bits per heavy atom. The number of hydrogen-bond donors (Lipinski definition) is 1. The van der Waals surface area contributed by atoms with Crippen LogP contribution in [0.25, 0.3) is 0 Å². The first-order valence-corrected chi connectivity index (χ1v) is 8.65. The first-order chi connectivity index (χ1) is 10.3. The van der Waals surface area contributed by atoms with Crippen LogP contribution < -0.4 is 5.32 Å². The van der Waals surface area contributed by atoms with E-state index in [4.69, 9.17) is 0 Å². The second kappa shape index (κ2) is 6.58. The standard InChI is InChI=1S/C14H17F3N2O2S.ClH/c15-14(16,17)10-1-5-13(6-2-10)22(20,21)19-11-3-4-12(19)9-18-8-7-11;/h1-2,5-6,11-12,18H,3-4,7-9H2;1H. The van der Waals surface area contributed by atoms with Crippen molar-refractivity contribution < 1.29 is 21.6 Å². The number of fused-ring (bicyclic) bond motifs is 2. The highest BCUT2D eigenvalue weighted by Crippen LogP contribution is 2.35. The summed E-state index contributed by atoms with van der Waals surface area (Å²) in [4.78, 5) is -0.0701. The number of halogens is 4. The molecule has 1 aromatic rings. The van der Waals surface area contributed by atoms with E-state index < -0.39 is 21.8 Å². The van der Waals surface area contributed by atoms with E-state index in [2.05, 4.69) is 5.32 Å². The van der Waals surface area contributed by atoms with Gasteiger partial charge in [0.2, 0.25) is 10.0 Å². The van der Waals surface area contributed by atoms with E-state index in [0.717, 1.165) is 50.1 Å². The van der Waals surface area contributed by atoms with E-state index in [-0.39, 0.29) is 29.4 Å². The summed E-state index contributed by atoms with van der Waals surface area (Å²) in [5, 5.41) is 3.21. The lowest BCUT2D eigenvalue weighted by Crippen LogP contribution is -2.42. The molecule has 9 heteroatoms. The number of hydrogen-bond acceptors (Lipinski definition) is 3. The van der Waals surface area contributed by atoms with Crippen molar-refractivity contribution in [1.82, 2.24) is 9.62 Å². The predicted octanol–water partition coefficient (Wildman–Crippen LogP) is 2.64. The molecule has 2 bridgehead atoms. The molecule has 0 aliphatic carbocycles. The molecule has 4 nitrogen and oxygen atoms in total. The highest BCUT2D eigenvalue weighted by Gasteiger charge is 2.43. The lowest BCUT2D eigenvalue weighted by atomic mass is 10.1. The summed E-state index contributed by atoms with van der Waals surface area (Å²) in [7, 11) is -3.76. The summed E-state index contributed by atoms with van der Waals surface area (Å²) in [6, 6.07) is 3.58. The zero-order valence-corrected chi connectivity index (χ0v) is 13.8. The van der Waals surface area contributed by atoms with E-state index in [1.54, 1.807) is 0 Å². The SMILES string of the molecule is Cl.O=S(=O)(c1ccc(C(F)(F)F)cc1)N1C2CCNCC1CC2. The van der Waals surface area contributed by atoms with Crippen molar-refractivity contribution in [2.24, 2.45) is 0 Å². The fourth-order valence-electron chi connectivity index (χ4n) is 3.27. The van der Waals surface area contributed by atoms with Crippen LogP contribution in [0.15, 0.2) is 29.2 Å². The van der Waals surface area contributed by atoms with E-state index in [1.165, 1.54) is 4.31 Å². The molecule has 0 amide bonds. The highest BCUT2D eigenvalue weighted by atomic mass is 35.5. The average Bonchev–Trinajstić information content (AvgIpc) is 2.72. The maximum atomic E-state index is 12.8. The number of nitrogens with one attached hydrogen (secondary N) is 1. The number of nitrogens with zero attached hydrogens (tertiary/aromatic N) is 1. The number of rotatable bonds is 2. The molecular weight excluding hydrogens is 353 g/mol. The van der Waals surface area contributed by atoms with Gasteiger partial charge < -0.3 is 5.32 Å². The Morgan fingerprint density at radius 2 is 1.65 bits per heavy atom. The molecule has 0 spiro atoms. The van der Waals surface area contributed by atoms with Crippen molar-refractivity contribution in [2.45, 2.75) is 42.4 Å².